The van der Waals surface area contributed by atoms with Crippen molar-refractivity contribution in [1.82, 2.24) is 20.8 Å². The van der Waals surface area contributed by atoms with Gasteiger partial charge in [-0.2, -0.15) is 10.2 Å². The predicted octanol–water partition coefficient (Wildman–Crippen LogP) is 0.595. The van der Waals surface area contributed by atoms with Gasteiger partial charge in [-0.1, -0.05) is 0 Å². The fourth-order valence-corrected chi connectivity index (χ4v) is 2.14. The zero-order chi connectivity index (χ0) is 12.1. The van der Waals surface area contributed by atoms with Crippen molar-refractivity contribution < 1.29 is 4.79 Å². The van der Waals surface area contributed by atoms with Gasteiger partial charge in [-0.05, 0) is 44.8 Å². The molecule has 92 valence electrons. The molecule has 1 aliphatic heterocycles. The van der Waals surface area contributed by atoms with Gasteiger partial charge in [0.1, 0.15) is 0 Å². The van der Waals surface area contributed by atoms with Gasteiger partial charge < -0.3 is 10.6 Å². The third kappa shape index (κ3) is 3.23. The van der Waals surface area contributed by atoms with Crippen molar-refractivity contribution in [3.05, 3.63) is 24.0 Å². The minimum Gasteiger partial charge on any atom is -0.349 e. The summed E-state index contributed by atoms with van der Waals surface area (Å²) in [5.74, 6) is 0.445. The lowest BCUT2D eigenvalue weighted by atomic mass is 9.92. The van der Waals surface area contributed by atoms with E-state index in [9.17, 15) is 4.79 Å². The third-order valence-corrected chi connectivity index (χ3v) is 3.25. The number of hydrogen-bond donors (Lipinski definition) is 2. The Hall–Kier alpha value is -1.49. The Labute approximate surface area is 101 Å². The molecule has 1 amide bonds. The van der Waals surface area contributed by atoms with E-state index in [0.29, 0.717) is 11.5 Å². The van der Waals surface area contributed by atoms with E-state index in [-0.39, 0.29) is 11.9 Å². The molecule has 0 bridgehead atoms. The van der Waals surface area contributed by atoms with E-state index in [0.717, 1.165) is 13.1 Å². The molecule has 5 nitrogen and oxygen atoms in total. The first kappa shape index (κ1) is 12.0. The Bertz CT molecular complexity index is 362. The molecule has 0 aromatic carbocycles. The van der Waals surface area contributed by atoms with Crippen LogP contribution in [-0.2, 0) is 0 Å². The molecule has 5 heteroatoms. The molecule has 1 aromatic rings. The lowest BCUT2D eigenvalue weighted by Crippen LogP contribution is -2.44. The molecule has 2 rings (SSSR count). The van der Waals surface area contributed by atoms with Crippen molar-refractivity contribution in [2.75, 3.05) is 13.1 Å². The summed E-state index contributed by atoms with van der Waals surface area (Å²) < 4.78 is 0. The number of aromatic nitrogens is 2. The summed E-state index contributed by atoms with van der Waals surface area (Å²) in [7, 11) is 0. The van der Waals surface area contributed by atoms with E-state index in [1.54, 1.807) is 6.07 Å². The monoisotopic (exact) mass is 234 g/mol. The maximum absolute atomic E-state index is 11.9. The second kappa shape index (κ2) is 5.72. The van der Waals surface area contributed by atoms with Gasteiger partial charge in [0.15, 0.2) is 0 Å². The topological polar surface area (TPSA) is 66.9 Å². The Kier molecular flexibility index (Phi) is 4.03. The lowest BCUT2D eigenvalue weighted by molar-refractivity contribution is 0.0921. The van der Waals surface area contributed by atoms with Crippen LogP contribution in [0.1, 0.15) is 30.1 Å². The third-order valence-electron chi connectivity index (χ3n) is 3.25. The van der Waals surface area contributed by atoms with Crippen LogP contribution in [0, 0.1) is 5.92 Å². The zero-order valence-electron chi connectivity index (χ0n) is 10.0. The fourth-order valence-electron chi connectivity index (χ4n) is 2.14. The minimum absolute atomic E-state index is 0.0713. The van der Waals surface area contributed by atoms with Crippen LogP contribution in [0.2, 0.25) is 0 Å². The molecular formula is C12H18N4O. The maximum atomic E-state index is 11.9. The molecule has 2 unspecified atom stereocenters. The normalized spacial score (nSPS) is 21.8. The predicted molar refractivity (Wildman–Crippen MR) is 64.6 cm³/mol. The van der Waals surface area contributed by atoms with Crippen LogP contribution >= 0.6 is 0 Å². The summed E-state index contributed by atoms with van der Waals surface area (Å²) in [6, 6.07) is 1.86. The van der Waals surface area contributed by atoms with Crippen LogP contribution < -0.4 is 10.6 Å². The van der Waals surface area contributed by atoms with Gasteiger partial charge in [-0.15, -0.1) is 0 Å². The van der Waals surface area contributed by atoms with Crippen molar-refractivity contribution in [2.45, 2.75) is 25.8 Å². The quantitative estimate of drug-likeness (QED) is 0.803. The lowest BCUT2D eigenvalue weighted by Gasteiger charge is -2.28. The summed E-state index contributed by atoms with van der Waals surface area (Å²) >= 11 is 0. The van der Waals surface area contributed by atoms with Gasteiger partial charge in [0.2, 0.25) is 0 Å². The van der Waals surface area contributed by atoms with Crippen LogP contribution in [0.3, 0.4) is 0 Å². The Morgan fingerprint density at radius 2 is 2.47 bits per heavy atom. The molecule has 1 fully saturated rings. The van der Waals surface area contributed by atoms with Crippen molar-refractivity contribution in [3.8, 4) is 0 Å². The van der Waals surface area contributed by atoms with Crippen molar-refractivity contribution >= 4 is 5.91 Å². The highest BCUT2D eigenvalue weighted by Gasteiger charge is 2.21. The number of nitrogens with zero attached hydrogens (tertiary/aromatic N) is 2. The highest BCUT2D eigenvalue weighted by atomic mass is 16.1. The molecule has 0 spiro atoms. The van der Waals surface area contributed by atoms with E-state index >= 15 is 0 Å². The Morgan fingerprint density at radius 1 is 1.59 bits per heavy atom. The summed E-state index contributed by atoms with van der Waals surface area (Å²) in [5.41, 5.74) is 0.565. The number of hydrogen-bond acceptors (Lipinski definition) is 4. The first-order valence-corrected chi connectivity index (χ1v) is 6.05. The molecule has 0 aliphatic carbocycles. The molecule has 1 aliphatic rings. The second-order valence-corrected chi connectivity index (χ2v) is 4.50. The largest absolute Gasteiger partial charge is 0.349 e. The van der Waals surface area contributed by atoms with E-state index in [2.05, 4.69) is 27.8 Å². The smallest absolute Gasteiger partial charge is 0.253 e. The molecule has 2 N–H and O–H groups in total. The van der Waals surface area contributed by atoms with Gasteiger partial charge in [0.25, 0.3) is 5.91 Å². The van der Waals surface area contributed by atoms with Gasteiger partial charge in [0, 0.05) is 6.04 Å². The molecule has 1 saturated heterocycles. The number of nitrogens with one attached hydrogen (secondary N) is 2. The average Bonchev–Trinajstić information content (AvgIpc) is 2.40. The maximum Gasteiger partial charge on any atom is 0.253 e. The van der Waals surface area contributed by atoms with Crippen LogP contribution in [0.5, 0.6) is 0 Å². The van der Waals surface area contributed by atoms with Crippen LogP contribution in [-0.4, -0.2) is 35.2 Å². The molecule has 0 radical (unpaired) electrons. The minimum atomic E-state index is -0.0713. The second-order valence-electron chi connectivity index (χ2n) is 4.50. The van der Waals surface area contributed by atoms with E-state index in [1.807, 2.05) is 0 Å². The number of amides is 1. The summed E-state index contributed by atoms with van der Waals surface area (Å²) in [6.07, 6.45) is 5.37. The number of carbonyl (C=O) groups excluding carboxylic acids is 1. The van der Waals surface area contributed by atoms with Crippen molar-refractivity contribution in [1.29, 1.82) is 0 Å². The van der Waals surface area contributed by atoms with E-state index in [4.69, 9.17) is 0 Å². The van der Waals surface area contributed by atoms with Gasteiger partial charge in [-0.3, -0.25) is 4.79 Å². The van der Waals surface area contributed by atoms with Crippen LogP contribution in [0.4, 0.5) is 0 Å². The van der Waals surface area contributed by atoms with Gasteiger partial charge in [0.05, 0.1) is 18.0 Å². The number of rotatable bonds is 3. The summed E-state index contributed by atoms with van der Waals surface area (Å²) in [6.45, 7) is 4.13. The standard InChI is InChI=1S/C12H18N4O/c1-9(10-3-2-5-13-7-10)16-12(17)11-4-6-14-15-8-11/h4,6,8-10,13H,2-3,5,7H2,1H3,(H,16,17). The highest BCUT2D eigenvalue weighted by molar-refractivity contribution is 5.93. The molecular weight excluding hydrogens is 216 g/mol. The molecule has 1 aromatic heterocycles. The number of piperidine rings is 1. The van der Waals surface area contributed by atoms with Gasteiger partial charge in [-0.25, -0.2) is 0 Å². The SMILES string of the molecule is CC(NC(=O)c1ccnnc1)C1CCCNC1. The Morgan fingerprint density at radius 3 is 3.12 bits per heavy atom. The van der Waals surface area contributed by atoms with Crippen LogP contribution in [0.25, 0.3) is 0 Å². The Balaban J connectivity index is 1.89. The number of carbonyl (C=O) groups is 1. The molecule has 0 saturated carbocycles. The fraction of sp³-hybridized carbons (Fsp3) is 0.583. The zero-order valence-corrected chi connectivity index (χ0v) is 10.0. The summed E-state index contributed by atoms with van der Waals surface area (Å²) in [5, 5.41) is 13.7. The average molecular weight is 234 g/mol. The van der Waals surface area contributed by atoms with E-state index in [1.165, 1.54) is 25.2 Å². The van der Waals surface area contributed by atoms with Gasteiger partial charge >= 0.3 is 0 Å². The summed E-state index contributed by atoms with van der Waals surface area (Å²) in [4.78, 5) is 11.9. The van der Waals surface area contributed by atoms with Crippen molar-refractivity contribution in [3.63, 3.8) is 0 Å². The molecule has 17 heavy (non-hydrogen) atoms. The first-order chi connectivity index (χ1) is 8.27. The van der Waals surface area contributed by atoms with Crippen LogP contribution in [0.15, 0.2) is 18.5 Å². The molecule has 2 heterocycles. The molecule has 2 atom stereocenters. The van der Waals surface area contributed by atoms with Crippen molar-refractivity contribution in [2.24, 2.45) is 5.92 Å². The highest BCUT2D eigenvalue weighted by Crippen LogP contribution is 2.14. The first-order valence-electron chi connectivity index (χ1n) is 6.05. The van der Waals surface area contributed by atoms with E-state index < -0.39 is 0 Å².